The topological polar surface area (TPSA) is 49.6 Å². The van der Waals surface area contributed by atoms with E-state index >= 15 is 0 Å². The van der Waals surface area contributed by atoms with Crippen molar-refractivity contribution < 1.29 is 9.32 Å². The third-order valence-corrected chi connectivity index (χ3v) is 6.09. The molecule has 1 saturated carbocycles. The molecule has 1 aliphatic heterocycles. The van der Waals surface area contributed by atoms with Gasteiger partial charge in [-0.1, -0.05) is 28.9 Å². The Bertz CT molecular complexity index is 800. The first-order valence-corrected chi connectivity index (χ1v) is 10.6. The van der Waals surface area contributed by atoms with Gasteiger partial charge in [-0.05, 0) is 62.3 Å². The van der Waals surface area contributed by atoms with Crippen molar-refractivity contribution in [2.45, 2.75) is 38.0 Å². The van der Waals surface area contributed by atoms with Gasteiger partial charge in [-0.3, -0.25) is 4.79 Å². The molecule has 0 bridgehead atoms. The molecule has 1 saturated heterocycles. The van der Waals surface area contributed by atoms with Gasteiger partial charge < -0.3 is 14.3 Å². The first-order valence-electron chi connectivity index (χ1n) is 10.3. The molecule has 0 spiro atoms. The van der Waals surface area contributed by atoms with Crippen LogP contribution in [0.3, 0.4) is 0 Å². The number of nitrogens with zero attached hydrogens (tertiary/aromatic N) is 3. The standard InChI is InChI=1S/C22H28ClN3O2/c1-25(22(27)20-13-21(28-24-20)18-6-7-18)14-17-3-2-11-26(15-17)12-10-16-4-8-19(23)9-5-16/h4-5,8-9,13,17-18H,2-3,6-7,10-12,14-15H2,1H3/t17-/m1/s1. The number of amides is 1. The van der Waals surface area contributed by atoms with E-state index in [0.717, 1.165) is 56.2 Å². The highest BCUT2D eigenvalue weighted by Gasteiger charge is 2.30. The van der Waals surface area contributed by atoms with Crippen LogP contribution in [0.1, 0.15) is 53.4 Å². The second kappa shape index (κ2) is 8.66. The van der Waals surface area contributed by atoms with E-state index < -0.39 is 0 Å². The minimum Gasteiger partial charge on any atom is -0.360 e. The zero-order valence-electron chi connectivity index (χ0n) is 16.4. The third-order valence-electron chi connectivity index (χ3n) is 5.84. The van der Waals surface area contributed by atoms with Crippen LogP contribution in [0.2, 0.25) is 5.02 Å². The van der Waals surface area contributed by atoms with E-state index in [9.17, 15) is 4.79 Å². The van der Waals surface area contributed by atoms with Crippen molar-refractivity contribution in [2.75, 3.05) is 33.2 Å². The van der Waals surface area contributed by atoms with Crippen LogP contribution in [0, 0.1) is 5.92 Å². The minimum absolute atomic E-state index is 0.0334. The van der Waals surface area contributed by atoms with Crippen molar-refractivity contribution in [1.29, 1.82) is 0 Å². The quantitative estimate of drug-likeness (QED) is 0.696. The van der Waals surface area contributed by atoms with Crippen molar-refractivity contribution >= 4 is 17.5 Å². The van der Waals surface area contributed by atoms with E-state index in [4.69, 9.17) is 16.1 Å². The highest BCUT2D eigenvalue weighted by atomic mass is 35.5. The molecule has 2 fully saturated rings. The predicted molar refractivity (Wildman–Crippen MR) is 110 cm³/mol. The Balaban J connectivity index is 1.26. The Hall–Kier alpha value is -1.85. The normalized spacial score (nSPS) is 20.3. The van der Waals surface area contributed by atoms with Crippen molar-refractivity contribution in [3.05, 3.63) is 52.4 Å². The fourth-order valence-corrected chi connectivity index (χ4v) is 4.18. The summed E-state index contributed by atoms with van der Waals surface area (Å²) in [6, 6.07) is 9.94. The molecule has 1 aliphatic carbocycles. The van der Waals surface area contributed by atoms with Gasteiger partial charge in [0.15, 0.2) is 5.69 Å². The van der Waals surface area contributed by atoms with Crippen molar-refractivity contribution in [1.82, 2.24) is 15.0 Å². The van der Waals surface area contributed by atoms with Gasteiger partial charge in [0.25, 0.3) is 5.91 Å². The number of hydrogen-bond acceptors (Lipinski definition) is 4. The monoisotopic (exact) mass is 401 g/mol. The molecule has 0 N–H and O–H groups in total. The summed E-state index contributed by atoms with van der Waals surface area (Å²) in [4.78, 5) is 17.0. The molecule has 1 atom stereocenters. The SMILES string of the molecule is CN(C[C@H]1CCCN(CCc2ccc(Cl)cc2)C1)C(=O)c1cc(C2CC2)on1. The summed E-state index contributed by atoms with van der Waals surface area (Å²) in [6.07, 6.45) is 5.67. The molecule has 5 nitrogen and oxygen atoms in total. The Labute approximate surface area is 171 Å². The molecular weight excluding hydrogens is 374 g/mol. The van der Waals surface area contributed by atoms with Gasteiger partial charge in [0.1, 0.15) is 5.76 Å². The second-order valence-corrected chi connectivity index (χ2v) is 8.70. The Morgan fingerprint density at radius 2 is 2.07 bits per heavy atom. The Morgan fingerprint density at radius 3 is 2.82 bits per heavy atom. The van der Waals surface area contributed by atoms with Gasteiger partial charge in [0.05, 0.1) is 0 Å². The first kappa shape index (κ1) is 19.5. The minimum atomic E-state index is -0.0334. The summed E-state index contributed by atoms with van der Waals surface area (Å²) < 4.78 is 5.33. The maximum absolute atomic E-state index is 12.7. The molecule has 4 rings (SSSR count). The molecule has 6 heteroatoms. The van der Waals surface area contributed by atoms with Crippen LogP contribution in [0.25, 0.3) is 0 Å². The zero-order valence-corrected chi connectivity index (χ0v) is 17.2. The lowest BCUT2D eigenvalue weighted by Crippen LogP contribution is -2.42. The van der Waals surface area contributed by atoms with Crippen LogP contribution in [0.5, 0.6) is 0 Å². The highest BCUT2D eigenvalue weighted by molar-refractivity contribution is 6.30. The third kappa shape index (κ3) is 4.95. The van der Waals surface area contributed by atoms with Crippen molar-refractivity contribution in [3.63, 3.8) is 0 Å². The van der Waals surface area contributed by atoms with E-state index in [1.807, 2.05) is 30.1 Å². The summed E-state index contributed by atoms with van der Waals surface area (Å²) in [5, 5.41) is 4.77. The summed E-state index contributed by atoms with van der Waals surface area (Å²) in [6.45, 7) is 3.98. The number of likely N-dealkylation sites (tertiary alicyclic amines) is 1. The van der Waals surface area contributed by atoms with E-state index in [0.29, 0.717) is 17.5 Å². The lowest BCUT2D eigenvalue weighted by molar-refractivity contribution is 0.0720. The van der Waals surface area contributed by atoms with E-state index in [2.05, 4.69) is 22.2 Å². The molecular formula is C22H28ClN3O2. The lowest BCUT2D eigenvalue weighted by Gasteiger charge is -2.34. The summed E-state index contributed by atoms with van der Waals surface area (Å²) >= 11 is 5.96. The molecule has 0 unspecified atom stereocenters. The van der Waals surface area contributed by atoms with E-state index in [1.165, 1.54) is 18.4 Å². The molecule has 1 aromatic carbocycles. The average Bonchev–Trinajstić information content (AvgIpc) is 3.44. The molecule has 1 aromatic heterocycles. The molecule has 2 aromatic rings. The number of rotatable bonds is 7. The summed E-state index contributed by atoms with van der Waals surface area (Å²) in [5.74, 6) is 1.81. The summed E-state index contributed by atoms with van der Waals surface area (Å²) in [5.41, 5.74) is 1.76. The number of carbonyl (C=O) groups is 1. The number of benzene rings is 1. The van der Waals surface area contributed by atoms with Crippen molar-refractivity contribution in [3.8, 4) is 0 Å². The van der Waals surface area contributed by atoms with Gasteiger partial charge in [-0.2, -0.15) is 0 Å². The Kier molecular flexibility index (Phi) is 6.02. The highest BCUT2D eigenvalue weighted by Crippen LogP contribution is 2.40. The maximum atomic E-state index is 12.7. The number of carbonyl (C=O) groups excluding carboxylic acids is 1. The van der Waals surface area contributed by atoms with Gasteiger partial charge in [0.2, 0.25) is 0 Å². The molecule has 2 aliphatic rings. The summed E-state index contributed by atoms with van der Waals surface area (Å²) in [7, 11) is 1.88. The van der Waals surface area contributed by atoms with Crippen molar-refractivity contribution in [2.24, 2.45) is 5.92 Å². The maximum Gasteiger partial charge on any atom is 0.275 e. The molecule has 2 heterocycles. The fourth-order valence-electron chi connectivity index (χ4n) is 4.06. The number of piperidine rings is 1. The van der Waals surface area contributed by atoms with Gasteiger partial charge in [-0.15, -0.1) is 0 Å². The fraction of sp³-hybridized carbons (Fsp3) is 0.545. The van der Waals surface area contributed by atoms with Gasteiger partial charge in [-0.25, -0.2) is 0 Å². The molecule has 1 amide bonds. The van der Waals surface area contributed by atoms with Crippen LogP contribution in [0.4, 0.5) is 0 Å². The van der Waals surface area contributed by atoms with Crippen LogP contribution >= 0.6 is 11.6 Å². The van der Waals surface area contributed by atoms with Crippen LogP contribution < -0.4 is 0 Å². The number of aromatic nitrogens is 1. The first-order chi connectivity index (χ1) is 13.6. The molecule has 0 radical (unpaired) electrons. The predicted octanol–water partition coefficient (Wildman–Crippen LogP) is 4.23. The molecule has 150 valence electrons. The van der Waals surface area contributed by atoms with Gasteiger partial charge in [0, 0.05) is 43.7 Å². The smallest absolute Gasteiger partial charge is 0.275 e. The van der Waals surface area contributed by atoms with Gasteiger partial charge >= 0.3 is 0 Å². The van der Waals surface area contributed by atoms with Crippen LogP contribution in [-0.4, -0.2) is 54.1 Å². The second-order valence-electron chi connectivity index (χ2n) is 8.26. The van der Waals surface area contributed by atoms with Crippen LogP contribution in [0.15, 0.2) is 34.9 Å². The van der Waals surface area contributed by atoms with Crippen LogP contribution in [-0.2, 0) is 6.42 Å². The number of hydrogen-bond donors (Lipinski definition) is 0. The zero-order chi connectivity index (χ0) is 19.5. The number of halogens is 1. The van der Waals surface area contributed by atoms with E-state index in [-0.39, 0.29) is 5.91 Å². The lowest BCUT2D eigenvalue weighted by atomic mass is 9.97. The molecule has 28 heavy (non-hydrogen) atoms. The van der Waals surface area contributed by atoms with E-state index in [1.54, 1.807) is 0 Å². The average molecular weight is 402 g/mol. The Morgan fingerprint density at radius 1 is 1.29 bits per heavy atom. The largest absolute Gasteiger partial charge is 0.360 e.